The van der Waals surface area contributed by atoms with Crippen molar-refractivity contribution in [3.05, 3.63) is 16.1 Å². The molecule has 1 amide bonds. The molecule has 0 bridgehead atoms. The van der Waals surface area contributed by atoms with E-state index in [2.05, 4.69) is 20.6 Å². The van der Waals surface area contributed by atoms with Crippen LogP contribution in [-0.4, -0.2) is 41.5 Å². The first kappa shape index (κ1) is 13.5. The number of primary amides is 1. The van der Waals surface area contributed by atoms with E-state index in [1.54, 1.807) is 11.3 Å². The number of amides is 1. The lowest BCUT2D eigenvalue weighted by Gasteiger charge is -2.31. The molecular formula is C12H20N4OS. The smallest absolute Gasteiger partial charge is 0.231 e. The molecule has 0 saturated carbocycles. The molecule has 0 radical (unpaired) electrons. The van der Waals surface area contributed by atoms with Gasteiger partial charge in [0.1, 0.15) is 0 Å². The van der Waals surface area contributed by atoms with Gasteiger partial charge in [-0.05, 0) is 19.8 Å². The lowest BCUT2D eigenvalue weighted by atomic mass is 10.1. The number of piperidine rings is 1. The molecule has 2 heterocycles. The third kappa shape index (κ3) is 4.04. The fraction of sp³-hybridized carbons (Fsp3) is 0.667. The van der Waals surface area contributed by atoms with Crippen molar-refractivity contribution in [2.45, 2.75) is 32.4 Å². The van der Waals surface area contributed by atoms with E-state index in [0.29, 0.717) is 12.6 Å². The molecule has 1 aromatic heterocycles. The van der Waals surface area contributed by atoms with Gasteiger partial charge in [0.15, 0.2) is 0 Å². The molecule has 0 spiro atoms. The van der Waals surface area contributed by atoms with Crippen molar-refractivity contribution < 1.29 is 4.79 Å². The van der Waals surface area contributed by atoms with Crippen molar-refractivity contribution in [2.75, 3.05) is 19.6 Å². The molecule has 0 unspecified atom stereocenters. The van der Waals surface area contributed by atoms with E-state index < -0.39 is 0 Å². The molecule has 5 nitrogen and oxygen atoms in total. The Bertz CT molecular complexity index is 399. The SMILES string of the molecule is Cc1nc(CNC2CCN(CC(N)=O)CC2)cs1. The number of aryl methyl sites for hydroxylation is 1. The minimum absolute atomic E-state index is 0.237. The van der Waals surface area contributed by atoms with Crippen LogP contribution in [0.5, 0.6) is 0 Å². The maximum Gasteiger partial charge on any atom is 0.231 e. The Morgan fingerprint density at radius 3 is 2.89 bits per heavy atom. The van der Waals surface area contributed by atoms with Crippen LogP contribution in [0.25, 0.3) is 0 Å². The summed E-state index contributed by atoms with van der Waals surface area (Å²) in [5.41, 5.74) is 6.31. The van der Waals surface area contributed by atoms with Crippen LogP contribution < -0.4 is 11.1 Å². The molecule has 0 aliphatic carbocycles. The predicted molar refractivity (Wildman–Crippen MR) is 72.3 cm³/mol. The summed E-state index contributed by atoms with van der Waals surface area (Å²) < 4.78 is 0. The number of rotatable bonds is 5. The van der Waals surface area contributed by atoms with Crippen molar-refractivity contribution in [1.82, 2.24) is 15.2 Å². The highest BCUT2D eigenvalue weighted by molar-refractivity contribution is 7.09. The second-order valence-corrected chi connectivity index (χ2v) is 5.82. The third-order valence-corrected chi connectivity index (χ3v) is 4.03. The Kier molecular flexibility index (Phi) is 4.68. The number of carbonyl (C=O) groups excluding carboxylic acids is 1. The summed E-state index contributed by atoms with van der Waals surface area (Å²) in [4.78, 5) is 17.4. The zero-order chi connectivity index (χ0) is 13.0. The monoisotopic (exact) mass is 268 g/mol. The lowest BCUT2D eigenvalue weighted by Crippen LogP contribution is -2.45. The summed E-state index contributed by atoms with van der Waals surface area (Å²) in [5.74, 6) is -0.237. The van der Waals surface area contributed by atoms with Crippen molar-refractivity contribution in [2.24, 2.45) is 5.73 Å². The van der Waals surface area contributed by atoms with Crippen LogP contribution in [0.1, 0.15) is 23.5 Å². The van der Waals surface area contributed by atoms with E-state index in [1.165, 1.54) is 0 Å². The second-order valence-electron chi connectivity index (χ2n) is 4.76. The molecule has 0 aromatic carbocycles. The molecule has 100 valence electrons. The number of thiazole rings is 1. The number of likely N-dealkylation sites (tertiary alicyclic amines) is 1. The van der Waals surface area contributed by atoms with Gasteiger partial charge in [0, 0.05) is 31.1 Å². The zero-order valence-electron chi connectivity index (χ0n) is 10.7. The van der Waals surface area contributed by atoms with Crippen LogP contribution in [0.15, 0.2) is 5.38 Å². The molecule has 3 N–H and O–H groups in total. The van der Waals surface area contributed by atoms with Crippen LogP contribution in [0, 0.1) is 6.92 Å². The van der Waals surface area contributed by atoms with E-state index in [4.69, 9.17) is 5.73 Å². The number of hydrogen-bond acceptors (Lipinski definition) is 5. The largest absolute Gasteiger partial charge is 0.369 e. The summed E-state index contributed by atoms with van der Waals surface area (Å²) >= 11 is 1.69. The van der Waals surface area contributed by atoms with E-state index in [9.17, 15) is 4.79 Å². The van der Waals surface area contributed by atoms with E-state index in [0.717, 1.165) is 43.2 Å². The summed E-state index contributed by atoms with van der Waals surface area (Å²) in [6.45, 7) is 5.13. The van der Waals surface area contributed by atoms with Gasteiger partial charge in [0.25, 0.3) is 0 Å². The molecule has 1 aliphatic heterocycles. The number of nitrogens with two attached hydrogens (primary N) is 1. The molecule has 1 aromatic rings. The highest BCUT2D eigenvalue weighted by atomic mass is 32.1. The Morgan fingerprint density at radius 2 is 2.33 bits per heavy atom. The quantitative estimate of drug-likeness (QED) is 0.815. The molecule has 1 saturated heterocycles. The minimum atomic E-state index is -0.237. The van der Waals surface area contributed by atoms with Crippen molar-refractivity contribution in [1.29, 1.82) is 0 Å². The van der Waals surface area contributed by atoms with Gasteiger partial charge in [-0.25, -0.2) is 4.98 Å². The molecule has 2 rings (SSSR count). The molecule has 1 fully saturated rings. The van der Waals surface area contributed by atoms with E-state index in [-0.39, 0.29) is 5.91 Å². The zero-order valence-corrected chi connectivity index (χ0v) is 11.5. The standard InChI is InChI=1S/C12H20N4OS/c1-9-15-11(8-18-9)6-14-10-2-4-16(5-3-10)7-12(13)17/h8,10,14H,2-7H2,1H3,(H2,13,17). The molecule has 18 heavy (non-hydrogen) atoms. The van der Waals surface area contributed by atoms with Crippen molar-refractivity contribution in [3.63, 3.8) is 0 Å². The topological polar surface area (TPSA) is 71.2 Å². The Balaban J connectivity index is 1.69. The van der Waals surface area contributed by atoms with Gasteiger partial charge < -0.3 is 11.1 Å². The van der Waals surface area contributed by atoms with Crippen LogP contribution in [0.3, 0.4) is 0 Å². The Labute approximate surface area is 111 Å². The number of aromatic nitrogens is 1. The highest BCUT2D eigenvalue weighted by Gasteiger charge is 2.19. The first-order valence-corrected chi connectivity index (χ1v) is 7.16. The van der Waals surface area contributed by atoms with Crippen molar-refractivity contribution >= 4 is 17.2 Å². The molecular weight excluding hydrogens is 248 g/mol. The summed E-state index contributed by atoms with van der Waals surface area (Å²) in [6.07, 6.45) is 2.13. The summed E-state index contributed by atoms with van der Waals surface area (Å²) in [6, 6.07) is 0.524. The van der Waals surface area contributed by atoms with Gasteiger partial charge in [-0.1, -0.05) is 0 Å². The number of nitrogens with zero attached hydrogens (tertiary/aromatic N) is 2. The fourth-order valence-corrected chi connectivity index (χ4v) is 2.87. The maximum absolute atomic E-state index is 10.8. The first-order valence-electron chi connectivity index (χ1n) is 6.28. The van der Waals surface area contributed by atoms with Crippen LogP contribution in [0.4, 0.5) is 0 Å². The first-order chi connectivity index (χ1) is 8.63. The number of nitrogens with one attached hydrogen (secondary N) is 1. The Hall–Kier alpha value is -0.980. The van der Waals surface area contributed by atoms with Gasteiger partial charge in [0.05, 0.1) is 17.2 Å². The van der Waals surface area contributed by atoms with Crippen LogP contribution in [-0.2, 0) is 11.3 Å². The van der Waals surface area contributed by atoms with Crippen LogP contribution >= 0.6 is 11.3 Å². The Morgan fingerprint density at radius 1 is 1.61 bits per heavy atom. The van der Waals surface area contributed by atoms with Crippen LogP contribution in [0.2, 0.25) is 0 Å². The lowest BCUT2D eigenvalue weighted by molar-refractivity contribution is -0.119. The average Bonchev–Trinajstić information content (AvgIpc) is 2.74. The van der Waals surface area contributed by atoms with E-state index >= 15 is 0 Å². The van der Waals surface area contributed by atoms with Gasteiger partial charge in [-0.2, -0.15) is 0 Å². The minimum Gasteiger partial charge on any atom is -0.369 e. The highest BCUT2D eigenvalue weighted by Crippen LogP contribution is 2.12. The average molecular weight is 268 g/mol. The third-order valence-electron chi connectivity index (χ3n) is 3.21. The van der Waals surface area contributed by atoms with Gasteiger partial charge in [0.2, 0.25) is 5.91 Å². The maximum atomic E-state index is 10.8. The second kappa shape index (κ2) is 6.26. The molecule has 1 aliphatic rings. The van der Waals surface area contributed by atoms with Crippen molar-refractivity contribution in [3.8, 4) is 0 Å². The van der Waals surface area contributed by atoms with E-state index in [1.807, 2.05) is 6.92 Å². The van der Waals surface area contributed by atoms with Gasteiger partial charge in [-0.15, -0.1) is 11.3 Å². The van der Waals surface area contributed by atoms with Gasteiger partial charge in [-0.3, -0.25) is 9.69 Å². The predicted octanol–water partition coefficient (Wildman–Crippen LogP) is 0.491. The normalized spacial score (nSPS) is 18.1. The molecule has 6 heteroatoms. The van der Waals surface area contributed by atoms with Gasteiger partial charge >= 0.3 is 0 Å². The summed E-state index contributed by atoms with van der Waals surface area (Å²) in [5, 5.41) is 6.74. The fourth-order valence-electron chi connectivity index (χ4n) is 2.25. The molecule has 0 atom stereocenters. The summed E-state index contributed by atoms with van der Waals surface area (Å²) in [7, 11) is 0. The number of hydrogen-bond donors (Lipinski definition) is 2. The number of carbonyl (C=O) groups is 1.